The van der Waals surface area contributed by atoms with Crippen LogP contribution in [0.4, 0.5) is 24.5 Å². The van der Waals surface area contributed by atoms with Gasteiger partial charge in [0.05, 0.1) is 49.9 Å². The first-order chi connectivity index (χ1) is 18.8. The third kappa shape index (κ3) is 7.60. The summed E-state index contributed by atoms with van der Waals surface area (Å²) in [5, 5.41) is 6.90. The van der Waals surface area contributed by atoms with Crippen molar-refractivity contribution in [2.45, 2.75) is 38.9 Å². The average Bonchev–Trinajstić information content (AvgIpc) is 3.41. The fourth-order valence-electron chi connectivity index (χ4n) is 4.19. The van der Waals surface area contributed by atoms with E-state index in [0.717, 1.165) is 41.8 Å². The van der Waals surface area contributed by atoms with Crippen molar-refractivity contribution in [1.29, 1.82) is 0 Å². The molecule has 0 aliphatic carbocycles. The maximum Gasteiger partial charge on any atom is 0.401 e. The molecule has 0 fully saturated rings. The number of ether oxygens (including phenoxy) is 2. The van der Waals surface area contributed by atoms with Crippen LogP contribution in [-0.2, 0) is 6.54 Å². The van der Waals surface area contributed by atoms with E-state index in [1.165, 1.54) is 0 Å². The van der Waals surface area contributed by atoms with Crippen LogP contribution < -0.4 is 19.7 Å². The van der Waals surface area contributed by atoms with Gasteiger partial charge in [-0.05, 0) is 37.6 Å². The van der Waals surface area contributed by atoms with Crippen LogP contribution in [0.25, 0.3) is 22.3 Å². The number of rotatable bonds is 13. The monoisotopic (exact) mass is 542 g/mol. The Morgan fingerprint density at radius 2 is 1.72 bits per heavy atom. The number of methoxy groups -OCH3 is 2. The Hall–Kier alpha value is -3.86. The van der Waals surface area contributed by atoms with Crippen molar-refractivity contribution in [3.63, 3.8) is 0 Å². The lowest BCUT2D eigenvalue weighted by Crippen LogP contribution is -2.31. The molecule has 1 N–H and O–H groups in total. The number of hydrogen-bond donors (Lipinski definition) is 1. The number of nitrogens with zero attached hydrogens (tertiary/aromatic N) is 5. The molecule has 0 atom stereocenters. The summed E-state index contributed by atoms with van der Waals surface area (Å²) < 4.78 is 50.5. The van der Waals surface area contributed by atoms with E-state index in [1.54, 1.807) is 32.7 Å². The number of anilines is 2. The highest BCUT2D eigenvalue weighted by Gasteiger charge is 2.26. The molecule has 11 heteroatoms. The zero-order valence-electron chi connectivity index (χ0n) is 22.3. The Morgan fingerprint density at radius 1 is 0.949 bits per heavy atom. The molecule has 0 aliphatic rings. The molecule has 2 heterocycles. The van der Waals surface area contributed by atoms with Crippen LogP contribution in [0.2, 0.25) is 0 Å². The molecule has 4 aromatic rings. The number of aromatic nitrogens is 4. The van der Waals surface area contributed by atoms with Crippen LogP contribution in [0.3, 0.4) is 0 Å². The molecule has 0 saturated carbocycles. The smallest absolute Gasteiger partial charge is 0.401 e. The molecule has 0 bridgehead atoms. The SMILES string of the molecule is CCCCn1cc(-c2cnc3ccc(N(CCCNCC(F)(F)F)c4cc(OC)cc(OC)c4)cc3n2)cn1. The number of fused-ring (bicyclic) bond motifs is 1. The highest BCUT2D eigenvalue weighted by molar-refractivity contribution is 5.82. The molecule has 8 nitrogen and oxygen atoms in total. The zero-order valence-corrected chi connectivity index (χ0v) is 22.3. The van der Waals surface area contributed by atoms with Gasteiger partial charge in [0, 0.05) is 54.4 Å². The minimum Gasteiger partial charge on any atom is -0.497 e. The van der Waals surface area contributed by atoms with Crippen LogP contribution in [0, 0.1) is 0 Å². The van der Waals surface area contributed by atoms with Gasteiger partial charge in [-0.3, -0.25) is 9.67 Å². The first kappa shape index (κ1) is 28.2. The van der Waals surface area contributed by atoms with Crippen LogP contribution in [-0.4, -0.2) is 59.8 Å². The number of aryl methyl sites for hydroxylation is 1. The van der Waals surface area contributed by atoms with E-state index in [0.29, 0.717) is 35.7 Å². The van der Waals surface area contributed by atoms with Gasteiger partial charge < -0.3 is 19.7 Å². The molecule has 208 valence electrons. The highest BCUT2D eigenvalue weighted by Crippen LogP contribution is 2.34. The molecular formula is C28H33F3N6O2. The van der Waals surface area contributed by atoms with Gasteiger partial charge in [-0.15, -0.1) is 0 Å². The second-order valence-corrected chi connectivity index (χ2v) is 9.14. The van der Waals surface area contributed by atoms with Crippen molar-refractivity contribution < 1.29 is 22.6 Å². The molecule has 2 aromatic heterocycles. The number of alkyl halides is 3. The molecule has 0 saturated heterocycles. The summed E-state index contributed by atoms with van der Waals surface area (Å²) >= 11 is 0. The lowest BCUT2D eigenvalue weighted by Gasteiger charge is -2.26. The summed E-state index contributed by atoms with van der Waals surface area (Å²) in [6.07, 6.45) is 3.85. The topological polar surface area (TPSA) is 77.3 Å². The third-order valence-electron chi connectivity index (χ3n) is 6.22. The van der Waals surface area contributed by atoms with Crippen LogP contribution >= 0.6 is 0 Å². The van der Waals surface area contributed by atoms with Gasteiger partial charge >= 0.3 is 6.18 Å². The number of halogens is 3. The van der Waals surface area contributed by atoms with Gasteiger partial charge in [0.2, 0.25) is 0 Å². The van der Waals surface area contributed by atoms with E-state index in [-0.39, 0.29) is 6.54 Å². The standard InChI is InChI=1S/C28H33F3N6O2/c1-4-5-10-36-18-20(16-34-36)27-17-33-25-8-7-21(14-26(25)35-27)37(11-6-9-32-19-28(29,30)31)22-12-23(38-2)15-24(13-22)39-3/h7-8,12-18,32H,4-6,9-11,19H2,1-3H3. The van der Waals surface area contributed by atoms with Crippen molar-refractivity contribution in [2.24, 2.45) is 0 Å². The van der Waals surface area contributed by atoms with Gasteiger partial charge in [0.1, 0.15) is 11.5 Å². The molecule has 0 unspecified atom stereocenters. The van der Waals surface area contributed by atoms with Gasteiger partial charge in [0.15, 0.2) is 0 Å². The van der Waals surface area contributed by atoms with E-state index in [2.05, 4.69) is 22.3 Å². The number of hydrogen-bond acceptors (Lipinski definition) is 7. The summed E-state index contributed by atoms with van der Waals surface area (Å²) in [4.78, 5) is 11.5. The van der Waals surface area contributed by atoms with E-state index in [9.17, 15) is 13.2 Å². The second-order valence-electron chi connectivity index (χ2n) is 9.14. The summed E-state index contributed by atoms with van der Waals surface area (Å²) in [7, 11) is 3.14. The molecule has 0 spiro atoms. The molecule has 0 aliphatic heterocycles. The number of nitrogens with one attached hydrogen (secondary N) is 1. The minimum atomic E-state index is -4.25. The predicted molar refractivity (Wildman–Crippen MR) is 146 cm³/mol. The average molecular weight is 543 g/mol. The Kier molecular flexibility index (Phi) is 9.23. The zero-order chi connectivity index (χ0) is 27.8. The van der Waals surface area contributed by atoms with Crippen LogP contribution in [0.5, 0.6) is 11.5 Å². The summed E-state index contributed by atoms with van der Waals surface area (Å²) in [6, 6.07) is 11.2. The molecule has 4 rings (SSSR count). The van der Waals surface area contributed by atoms with E-state index >= 15 is 0 Å². The largest absolute Gasteiger partial charge is 0.497 e. The van der Waals surface area contributed by atoms with Crippen LogP contribution in [0.15, 0.2) is 55.0 Å². The van der Waals surface area contributed by atoms with Gasteiger partial charge in [0.25, 0.3) is 0 Å². The predicted octanol–water partition coefficient (Wildman–Crippen LogP) is 5.99. The quantitative estimate of drug-likeness (QED) is 0.208. The lowest BCUT2D eigenvalue weighted by atomic mass is 10.1. The van der Waals surface area contributed by atoms with Crippen molar-refractivity contribution in [3.8, 4) is 22.8 Å². The maximum atomic E-state index is 12.6. The van der Waals surface area contributed by atoms with Gasteiger partial charge in [-0.2, -0.15) is 18.3 Å². The fraction of sp³-hybridized carbons (Fsp3) is 0.393. The van der Waals surface area contributed by atoms with Crippen molar-refractivity contribution in [1.82, 2.24) is 25.1 Å². The minimum absolute atomic E-state index is 0.205. The van der Waals surface area contributed by atoms with Gasteiger partial charge in [-0.25, -0.2) is 4.98 Å². The first-order valence-electron chi connectivity index (χ1n) is 12.9. The van der Waals surface area contributed by atoms with Gasteiger partial charge in [-0.1, -0.05) is 13.3 Å². The van der Waals surface area contributed by atoms with Crippen LogP contribution in [0.1, 0.15) is 26.2 Å². The molecule has 0 amide bonds. The first-order valence-corrected chi connectivity index (χ1v) is 12.9. The maximum absolute atomic E-state index is 12.6. The normalized spacial score (nSPS) is 11.6. The summed E-state index contributed by atoms with van der Waals surface area (Å²) in [5.41, 5.74) is 4.63. The lowest BCUT2D eigenvalue weighted by molar-refractivity contribution is -0.124. The number of benzene rings is 2. The van der Waals surface area contributed by atoms with E-state index in [1.807, 2.05) is 46.1 Å². The van der Waals surface area contributed by atoms with Crippen molar-refractivity contribution in [3.05, 3.63) is 55.0 Å². The Bertz CT molecular complexity index is 1350. The Labute approximate surface area is 225 Å². The summed E-state index contributed by atoms with van der Waals surface area (Å²) in [6.45, 7) is 2.61. The fourth-order valence-corrected chi connectivity index (χ4v) is 4.19. The Morgan fingerprint density at radius 3 is 2.41 bits per heavy atom. The van der Waals surface area contributed by atoms with Crippen molar-refractivity contribution >= 4 is 22.4 Å². The third-order valence-corrected chi connectivity index (χ3v) is 6.22. The highest BCUT2D eigenvalue weighted by atomic mass is 19.4. The van der Waals surface area contributed by atoms with E-state index in [4.69, 9.17) is 14.5 Å². The molecular weight excluding hydrogens is 509 g/mol. The molecule has 2 aromatic carbocycles. The molecule has 39 heavy (non-hydrogen) atoms. The second kappa shape index (κ2) is 12.8. The molecule has 0 radical (unpaired) electrons. The Balaban J connectivity index is 1.64. The van der Waals surface area contributed by atoms with E-state index < -0.39 is 12.7 Å². The number of unbranched alkanes of at least 4 members (excludes halogenated alkanes) is 1. The van der Waals surface area contributed by atoms with Crippen molar-refractivity contribution in [2.75, 3.05) is 38.8 Å². The summed E-state index contributed by atoms with van der Waals surface area (Å²) in [5.74, 6) is 1.21.